The molecule has 1 atom stereocenters. The van der Waals surface area contributed by atoms with E-state index in [0.29, 0.717) is 10.7 Å². The minimum absolute atomic E-state index is 0.00438. The van der Waals surface area contributed by atoms with Crippen LogP contribution in [0.4, 0.5) is 15.3 Å². The van der Waals surface area contributed by atoms with Crippen molar-refractivity contribution in [3.05, 3.63) is 24.3 Å². The fourth-order valence-corrected chi connectivity index (χ4v) is 3.34. The van der Waals surface area contributed by atoms with E-state index in [1.54, 1.807) is 20.8 Å². The predicted molar refractivity (Wildman–Crippen MR) is 112 cm³/mol. The van der Waals surface area contributed by atoms with Gasteiger partial charge in [0.15, 0.2) is 5.78 Å². The van der Waals surface area contributed by atoms with Crippen LogP contribution in [0.5, 0.6) is 0 Å². The molecule has 1 unspecified atom stereocenters. The van der Waals surface area contributed by atoms with Crippen molar-refractivity contribution in [2.75, 3.05) is 11.9 Å². The first kappa shape index (κ1) is 27.0. The molecule has 0 bridgehead atoms. The molecule has 14 heteroatoms. The van der Waals surface area contributed by atoms with Crippen molar-refractivity contribution in [3.63, 3.8) is 0 Å². The van der Waals surface area contributed by atoms with Gasteiger partial charge in [0.25, 0.3) is 0 Å². The summed E-state index contributed by atoms with van der Waals surface area (Å²) in [6, 6.07) is 4.80. The summed E-state index contributed by atoms with van der Waals surface area (Å²) in [5, 5.41) is 17.2. The molecule has 2 rings (SSSR count). The number of carbonyl (C=O) groups is 4. The van der Waals surface area contributed by atoms with Crippen LogP contribution in [-0.2, 0) is 21.9 Å². The Bertz CT molecular complexity index is 954. The molecule has 0 fully saturated rings. The molecule has 1 heterocycles. The number of ketones is 1. The van der Waals surface area contributed by atoms with Gasteiger partial charge in [-0.2, -0.15) is 5.10 Å². The second-order valence-corrected chi connectivity index (χ2v) is 11.0. The number of urea groups is 1. The van der Waals surface area contributed by atoms with Gasteiger partial charge in [-0.25, -0.2) is 9.59 Å². The molecule has 13 nitrogen and oxygen atoms in total. The van der Waals surface area contributed by atoms with Crippen molar-refractivity contribution in [2.45, 2.75) is 40.2 Å². The van der Waals surface area contributed by atoms with E-state index in [9.17, 15) is 22.9 Å². The number of hydrogen-bond acceptors (Lipinski definition) is 9. The molecule has 1 aromatic rings. The van der Waals surface area contributed by atoms with Gasteiger partial charge in [-0.3, -0.25) is 4.79 Å². The number of amides is 4. The van der Waals surface area contributed by atoms with Crippen LogP contribution in [0, 0.1) is 0 Å². The van der Waals surface area contributed by atoms with Gasteiger partial charge in [-0.1, -0.05) is 0 Å². The van der Waals surface area contributed by atoms with E-state index in [0.717, 1.165) is 0 Å². The number of nitrogens with one attached hydrogen (secondary N) is 2. The summed E-state index contributed by atoms with van der Waals surface area (Å²) in [6.45, 7) is 7.69. The van der Waals surface area contributed by atoms with Crippen LogP contribution in [0.15, 0.2) is 29.4 Å². The number of benzene rings is 1. The van der Waals surface area contributed by atoms with Crippen molar-refractivity contribution in [2.24, 2.45) is 5.10 Å². The molecule has 0 spiro atoms. The van der Waals surface area contributed by atoms with Crippen LogP contribution in [0.3, 0.4) is 0 Å². The molecule has 0 aromatic heterocycles. The second kappa shape index (κ2) is 11.0. The normalized spacial score (nSPS) is 15.3. The van der Waals surface area contributed by atoms with E-state index in [2.05, 4.69) is 19.6 Å². The first-order valence-electron chi connectivity index (χ1n) is 9.10. The topological polar surface area (TPSA) is 184 Å². The summed E-state index contributed by atoms with van der Waals surface area (Å²) in [5.41, 5.74) is -0.129. The SMILES string of the molecule is CC(=O)C1=NN(C(=O)OC(C)(C)C)C(=O)NC1.CC(=O)Nc1ccc([As](=O)(O)OO)cc1. The van der Waals surface area contributed by atoms with Crippen LogP contribution in [0.25, 0.3) is 0 Å². The third-order valence-electron chi connectivity index (χ3n) is 3.42. The molecule has 1 aliphatic rings. The summed E-state index contributed by atoms with van der Waals surface area (Å²) >= 11 is -4.76. The zero-order chi connectivity index (χ0) is 24.7. The van der Waals surface area contributed by atoms with Gasteiger partial charge < -0.3 is 10.1 Å². The van der Waals surface area contributed by atoms with Crippen LogP contribution < -0.4 is 15.0 Å². The number of nitrogens with zero attached hydrogens (tertiary/aromatic N) is 2. The van der Waals surface area contributed by atoms with Gasteiger partial charge >= 0.3 is 101 Å². The molecule has 0 saturated heterocycles. The minimum atomic E-state index is -4.76. The van der Waals surface area contributed by atoms with E-state index < -0.39 is 31.9 Å². The maximum absolute atomic E-state index is 11.6. The van der Waals surface area contributed by atoms with Gasteiger partial charge in [-0.05, 0) is 20.8 Å². The molecule has 32 heavy (non-hydrogen) atoms. The zero-order valence-corrected chi connectivity index (χ0v) is 20.0. The van der Waals surface area contributed by atoms with Crippen LogP contribution >= 0.6 is 0 Å². The molecule has 4 amide bonds. The van der Waals surface area contributed by atoms with Crippen molar-refractivity contribution < 1.29 is 40.9 Å². The fraction of sp³-hybridized carbons (Fsp3) is 0.389. The van der Waals surface area contributed by atoms with Crippen molar-refractivity contribution in [1.29, 1.82) is 0 Å². The molecule has 0 aliphatic carbocycles. The first-order valence-corrected chi connectivity index (χ1v) is 12.4. The summed E-state index contributed by atoms with van der Waals surface area (Å²) in [6.07, 6.45) is -0.909. The van der Waals surface area contributed by atoms with Gasteiger partial charge in [-0.15, -0.1) is 5.01 Å². The second-order valence-electron chi connectivity index (χ2n) is 7.38. The van der Waals surface area contributed by atoms with Crippen LogP contribution in [0.1, 0.15) is 34.6 Å². The summed E-state index contributed by atoms with van der Waals surface area (Å²) in [7, 11) is 0. The molecule has 4 N–H and O–H groups in total. The standard InChI is InChI=1S/C10H15N3O4.C8H10AsNO5/c1-6(14)7-5-11-8(15)13(12-7)9(16)17-10(2,3)4;1-6(11)10-8-4-2-7(3-5-8)9(12,13)15-14/h5H2,1-4H3,(H,11,15);2-5,14H,1H3,(H,10,11)(H,12,13). The number of hydrogen-bond donors (Lipinski definition) is 4. The number of carbonyl (C=O) groups excluding carboxylic acids is 4. The van der Waals surface area contributed by atoms with Gasteiger partial charge in [0.05, 0.1) is 6.54 Å². The Balaban J connectivity index is 0.000000323. The number of imide groups is 1. The van der Waals surface area contributed by atoms with E-state index in [4.69, 9.17) is 14.1 Å². The Morgan fingerprint density at radius 1 is 1.19 bits per heavy atom. The van der Waals surface area contributed by atoms with Gasteiger partial charge in [0.2, 0.25) is 0 Å². The van der Waals surface area contributed by atoms with Crippen LogP contribution in [-0.4, -0.2) is 70.2 Å². The predicted octanol–water partition coefficient (Wildman–Crippen LogP) is 0.595. The van der Waals surface area contributed by atoms with Gasteiger partial charge in [0, 0.05) is 6.92 Å². The molecular formula is C18H25AsN4O9. The number of ether oxygens (including phenoxy) is 1. The van der Waals surface area contributed by atoms with Crippen molar-refractivity contribution >= 4 is 53.7 Å². The molecule has 176 valence electrons. The Labute approximate surface area is 186 Å². The Morgan fingerprint density at radius 3 is 2.19 bits per heavy atom. The first-order chi connectivity index (χ1) is 14.7. The molecule has 1 aromatic carbocycles. The molecular weight excluding hydrogens is 491 g/mol. The summed E-state index contributed by atoms with van der Waals surface area (Å²) in [4.78, 5) is 44.8. The third kappa shape index (κ3) is 8.63. The van der Waals surface area contributed by atoms with E-state index in [-0.39, 0.29) is 28.3 Å². The summed E-state index contributed by atoms with van der Waals surface area (Å²) in [5.74, 6) is -0.544. The van der Waals surface area contributed by atoms with Crippen molar-refractivity contribution in [1.82, 2.24) is 10.3 Å². The number of rotatable bonds is 4. The van der Waals surface area contributed by atoms with Crippen molar-refractivity contribution in [3.8, 4) is 0 Å². The van der Waals surface area contributed by atoms with Gasteiger partial charge in [0.1, 0.15) is 11.3 Å². The summed E-state index contributed by atoms with van der Waals surface area (Å²) < 4.78 is 28.8. The number of Topliss-reactive ketones (excluding diaryl/α,β-unsaturated/α-hetero) is 1. The monoisotopic (exact) mass is 516 g/mol. The molecule has 0 saturated carbocycles. The van der Waals surface area contributed by atoms with E-state index in [1.807, 2.05) is 0 Å². The molecule has 1 aliphatic heterocycles. The Hall–Kier alpha value is -2.99. The fourth-order valence-electron chi connectivity index (χ4n) is 2.04. The average Bonchev–Trinajstić information content (AvgIpc) is 2.67. The Morgan fingerprint density at radius 2 is 1.75 bits per heavy atom. The quantitative estimate of drug-likeness (QED) is 0.253. The number of anilines is 1. The third-order valence-corrected chi connectivity index (χ3v) is 5.88. The zero-order valence-electron chi connectivity index (χ0n) is 18.1. The number of hydrazone groups is 1. The van der Waals surface area contributed by atoms with E-state index >= 15 is 0 Å². The Kier molecular flexibility index (Phi) is 9.33. The maximum atomic E-state index is 11.6. The van der Waals surface area contributed by atoms with E-state index in [1.165, 1.54) is 38.1 Å². The average molecular weight is 516 g/mol. The molecule has 0 radical (unpaired) electrons. The van der Waals surface area contributed by atoms with Crippen LogP contribution in [0.2, 0.25) is 0 Å².